The number of ether oxygens (including phenoxy) is 2. The van der Waals surface area contributed by atoms with Crippen molar-refractivity contribution in [1.82, 2.24) is 0 Å². The topological polar surface area (TPSA) is 35.5 Å². The van der Waals surface area contributed by atoms with E-state index in [4.69, 9.17) is 9.47 Å². The van der Waals surface area contributed by atoms with Gasteiger partial charge in [0.15, 0.2) is 11.5 Å². The zero-order chi connectivity index (χ0) is 23.9. The van der Waals surface area contributed by atoms with E-state index in [1.54, 1.807) is 19.1 Å². The Morgan fingerprint density at radius 2 is 1.53 bits per heavy atom. The van der Waals surface area contributed by atoms with Crippen LogP contribution in [-0.4, -0.2) is 12.6 Å². The maximum absolute atomic E-state index is 14.6. The van der Waals surface area contributed by atoms with Gasteiger partial charge in [-0.05, 0) is 72.9 Å². The third kappa shape index (κ3) is 5.67. The summed E-state index contributed by atoms with van der Waals surface area (Å²) in [6.07, 6.45) is 6.83. The summed E-state index contributed by atoms with van der Waals surface area (Å²) in [5.74, 6) is -1.08. The first-order valence-electron chi connectivity index (χ1n) is 12.4. The van der Waals surface area contributed by atoms with E-state index in [-0.39, 0.29) is 23.4 Å². The molecule has 0 spiro atoms. The predicted molar refractivity (Wildman–Crippen MR) is 134 cm³/mol. The second-order valence-electron chi connectivity index (χ2n) is 9.01. The highest BCUT2D eigenvalue weighted by molar-refractivity contribution is 5.78. The predicted octanol–water partition coefficient (Wildman–Crippen LogP) is 7.33. The Hall–Kier alpha value is -3.14. The van der Waals surface area contributed by atoms with Gasteiger partial charge in [-0.15, -0.1) is 0 Å². The van der Waals surface area contributed by atoms with E-state index >= 15 is 0 Å². The number of halogens is 1. The summed E-state index contributed by atoms with van der Waals surface area (Å²) in [6, 6.07) is 20.8. The SMILES string of the molecule is CCCCCc1ccc(-c2ccc(CCC3Cc4ccc(OCC)c(F)c4OC3=O)cc2)cc1. The molecule has 3 aromatic carbocycles. The van der Waals surface area contributed by atoms with Crippen molar-refractivity contribution in [2.24, 2.45) is 5.92 Å². The van der Waals surface area contributed by atoms with Crippen molar-refractivity contribution in [3.8, 4) is 22.6 Å². The van der Waals surface area contributed by atoms with Crippen LogP contribution in [0.3, 0.4) is 0 Å². The van der Waals surface area contributed by atoms with Gasteiger partial charge in [-0.2, -0.15) is 4.39 Å². The quantitative estimate of drug-likeness (QED) is 0.180. The molecule has 1 atom stereocenters. The molecule has 1 aliphatic heterocycles. The number of esters is 1. The van der Waals surface area contributed by atoms with Crippen molar-refractivity contribution >= 4 is 5.97 Å². The molecule has 0 amide bonds. The van der Waals surface area contributed by atoms with Gasteiger partial charge < -0.3 is 9.47 Å². The van der Waals surface area contributed by atoms with Gasteiger partial charge in [0.1, 0.15) is 0 Å². The van der Waals surface area contributed by atoms with Crippen LogP contribution in [0.1, 0.15) is 56.2 Å². The Kier molecular flexibility index (Phi) is 7.99. The highest BCUT2D eigenvalue weighted by atomic mass is 19.1. The maximum atomic E-state index is 14.6. The number of carbonyl (C=O) groups is 1. The minimum atomic E-state index is -0.587. The molecule has 0 saturated carbocycles. The Morgan fingerprint density at radius 3 is 2.15 bits per heavy atom. The zero-order valence-corrected chi connectivity index (χ0v) is 20.1. The number of unbranched alkanes of at least 4 members (excludes halogenated alkanes) is 2. The minimum absolute atomic E-state index is 0.0212. The van der Waals surface area contributed by atoms with Crippen LogP contribution in [0.4, 0.5) is 4.39 Å². The number of carbonyl (C=O) groups excluding carboxylic acids is 1. The molecule has 3 aromatic rings. The molecule has 1 aliphatic rings. The van der Waals surface area contributed by atoms with E-state index in [9.17, 15) is 9.18 Å². The number of aryl methyl sites for hydroxylation is 2. The van der Waals surface area contributed by atoms with Gasteiger partial charge in [-0.1, -0.05) is 74.4 Å². The first-order valence-corrected chi connectivity index (χ1v) is 12.4. The molecule has 1 unspecified atom stereocenters. The van der Waals surface area contributed by atoms with E-state index in [1.165, 1.54) is 41.5 Å². The summed E-state index contributed by atoms with van der Waals surface area (Å²) in [4.78, 5) is 12.5. The number of hydrogen-bond donors (Lipinski definition) is 0. The molecular formula is C30H33FO3. The number of rotatable bonds is 10. The number of fused-ring (bicyclic) bond motifs is 1. The molecule has 0 aromatic heterocycles. The first kappa shape index (κ1) is 24.0. The van der Waals surface area contributed by atoms with E-state index < -0.39 is 5.82 Å². The Bertz CT molecular complexity index is 1100. The Balaban J connectivity index is 1.35. The van der Waals surface area contributed by atoms with Crippen molar-refractivity contribution in [3.05, 3.63) is 83.2 Å². The largest absolute Gasteiger partial charge is 0.491 e. The third-order valence-corrected chi connectivity index (χ3v) is 6.54. The summed E-state index contributed by atoms with van der Waals surface area (Å²) < 4.78 is 25.2. The van der Waals surface area contributed by atoms with Crippen LogP contribution in [0.5, 0.6) is 11.5 Å². The van der Waals surface area contributed by atoms with Crippen molar-refractivity contribution in [3.63, 3.8) is 0 Å². The Morgan fingerprint density at radius 1 is 0.882 bits per heavy atom. The normalized spacial score (nSPS) is 15.0. The molecule has 3 nitrogen and oxygen atoms in total. The lowest BCUT2D eigenvalue weighted by Crippen LogP contribution is -2.28. The van der Waals surface area contributed by atoms with Gasteiger partial charge in [-0.25, -0.2) is 0 Å². The van der Waals surface area contributed by atoms with E-state index in [1.807, 2.05) is 0 Å². The minimum Gasteiger partial charge on any atom is -0.491 e. The average Bonchev–Trinajstić information content (AvgIpc) is 2.86. The highest BCUT2D eigenvalue weighted by Gasteiger charge is 2.31. The van der Waals surface area contributed by atoms with Crippen molar-refractivity contribution in [2.45, 2.75) is 58.8 Å². The second kappa shape index (κ2) is 11.3. The molecule has 4 heteroatoms. The van der Waals surface area contributed by atoms with Crippen LogP contribution in [0.25, 0.3) is 11.1 Å². The van der Waals surface area contributed by atoms with Crippen molar-refractivity contribution < 1.29 is 18.7 Å². The van der Waals surface area contributed by atoms with Crippen LogP contribution in [0.2, 0.25) is 0 Å². The molecule has 34 heavy (non-hydrogen) atoms. The monoisotopic (exact) mass is 460 g/mol. The van der Waals surface area contributed by atoms with Gasteiger partial charge in [0.25, 0.3) is 0 Å². The molecule has 0 fully saturated rings. The molecule has 1 heterocycles. The lowest BCUT2D eigenvalue weighted by Gasteiger charge is -2.24. The zero-order valence-electron chi connectivity index (χ0n) is 20.1. The smallest absolute Gasteiger partial charge is 0.314 e. The van der Waals surface area contributed by atoms with E-state index in [2.05, 4.69) is 55.5 Å². The molecule has 178 valence electrons. The van der Waals surface area contributed by atoms with Crippen LogP contribution < -0.4 is 9.47 Å². The molecule has 0 bridgehead atoms. The van der Waals surface area contributed by atoms with Gasteiger partial charge >= 0.3 is 5.97 Å². The highest BCUT2D eigenvalue weighted by Crippen LogP contribution is 2.37. The molecule has 0 saturated heterocycles. The number of benzene rings is 3. The summed E-state index contributed by atoms with van der Waals surface area (Å²) >= 11 is 0. The summed E-state index contributed by atoms with van der Waals surface area (Å²) in [6.45, 7) is 4.38. The van der Waals surface area contributed by atoms with E-state index in [0.29, 0.717) is 19.4 Å². The maximum Gasteiger partial charge on any atom is 0.314 e. The lowest BCUT2D eigenvalue weighted by atomic mass is 9.90. The fraction of sp³-hybridized carbons (Fsp3) is 0.367. The lowest BCUT2D eigenvalue weighted by molar-refractivity contribution is -0.140. The third-order valence-electron chi connectivity index (χ3n) is 6.54. The fourth-order valence-corrected chi connectivity index (χ4v) is 4.52. The molecule has 0 aliphatic carbocycles. The summed E-state index contributed by atoms with van der Waals surface area (Å²) in [7, 11) is 0. The molecule has 4 rings (SSSR count). The summed E-state index contributed by atoms with van der Waals surface area (Å²) in [5.41, 5.74) is 5.70. The van der Waals surface area contributed by atoms with Crippen molar-refractivity contribution in [2.75, 3.05) is 6.61 Å². The Labute approximate surface area is 201 Å². The van der Waals surface area contributed by atoms with Gasteiger partial charge in [-0.3, -0.25) is 4.79 Å². The molecular weight excluding hydrogens is 427 g/mol. The average molecular weight is 461 g/mol. The van der Waals surface area contributed by atoms with E-state index in [0.717, 1.165) is 18.4 Å². The van der Waals surface area contributed by atoms with Gasteiger partial charge in [0.2, 0.25) is 5.82 Å². The molecule has 0 N–H and O–H groups in total. The van der Waals surface area contributed by atoms with Gasteiger partial charge in [0.05, 0.1) is 12.5 Å². The standard InChI is InChI=1S/C30H33FO3/c1-3-5-6-7-21-8-13-23(14-9-21)24-15-10-22(11-16-24)12-17-26-20-25-18-19-27(33-4-2)28(31)29(25)34-30(26)32/h8-11,13-16,18-19,26H,3-7,12,17,20H2,1-2H3. The second-order valence-corrected chi connectivity index (χ2v) is 9.01. The number of hydrogen-bond acceptors (Lipinski definition) is 3. The van der Waals surface area contributed by atoms with Crippen LogP contribution in [0, 0.1) is 11.7 Å². The molecule has 0 radical (unpaired) electrons. The van der Waals surface area contributed by atoms with Gasteiger partial charge in [0, 0.05) is 0 Å². The van der Waals surface area contributed by atoms with Crippen LogP contribution in [0.15, 0.2) is 60.7 Å². The van der Waals surface area contributed by atoms with Crippen LogP contribution >= 0.6 is 0 Å². The summed E-state index contributed by atoms with van der Waals surface area (Å²) in [5, 5.41) is 0. The van der Waals surface area contributed by atoms with Crippen LogP contribution in [-0.2, 0) is 24.1 Å². The van der Waals surface area contributed by atoms with Crippen molar-refractivity contribution in [1.29, 1.82) is 0 Å². The first-order chi connectivity index (χ1) is 16.6. The fourth-order valence-electron chi connectivity index (χ4n) is 4.52.